The fourth-order valence-corrected chi connectivity index (χ4v) is 1.91. The molecule has 0 aliphatic carbocycles. The summed E-state index contributed by atoms with van der Waals surface area (Å²) >= 11 is 0. The van der Waals surface area contributed by atoms with E-state index in [4.69, 9.17) is 0 Å². The summed E-state index contributed by atoms with van der Waals surface area (Å²) in [5.41, 5.74) is -0.0763. The Balaban J connectivity index is 2.91. The standard InChI is InChI=1S/C14H27N5/c1-10-16-11(18-13(2,3)4)8-12(17-10)19-14(5,6)9-15-7/h8,15H,9H2,1-7H3,(H2,16,17,18,19). The van der Waals surface area contributed by atoms with Crippen LogP contribution in [0.4, 0.5) is 11.6 Å². The van der Waals surface area contributed by atoms with E-state index >= 15 is 0 Å². The minimum Gasteiger partial charge on any atom is -0.365 e. The molecule has 0 aliphatic heterocycles. The molecule has 0 saturated carbocycles. The van der Waals surface area contributed by atoms with Crippen molar-refractivity contribution in [2.45, 2.75) is 52.6 Å². The molecule has 1 aromatic heterocycles. The van der Waals surface area contributed by atoms with Crippen LogP contribution in [0, 0.1) is 6.92 Å². The lowest BCUT2D eigenvalue weighted by Crippen LogP contribution is -2.41. The molecule has 0 spiro atoms. The average Bonchev–Trinajstić information content (AvgIpc) is 2.11. The fraction of sp³-hybridized carbons (Fsp3) is 0.714. The Morgan fingerprint density at radius 2 is 1.53 bits per heavy atom. The molecule has 0 bridgehead atoms. The van der Waals surface area contributed by atoms with Crippen LogP contribution in [0.2, 0.25) is 0 Å². The van der Waals surface area contributed by atoms with Crippen molar-refractivity contribution in [3.05, 3.63) is 11.9 Å². The van der Waals surface area contributed by atoms with Gasteiger partial charge < -0.3 is 16.0 Å². The quantitative estimate of drug-likeness (QED) is 0.763. The van der Waals surface area contributed by atoms with Crippen LogP contribution in [0.3, 0.4) is 0 Å². The number of likely N-dealkylation sites (N-methyl/N-ethyl adjacent to an activating group) is 1. The summed E-state index contributed by atoms with van der Waals surface area (Å²) < 4.78 is 0. The maximum atomic E-state index is 4.44. The molecular weight excluding hydrogens is 238 g/mol. The first-order chi connectivity index (χ1) is 8.61. The number of rotatable bonds is 5. The van der Waals surface area contributed by atoms with E-state index in [0.29, 0.717) is 0 Å². The summed E-state index contributed by atoms with van der Waals surface area (Å²) in [5.74, 6) is 2.46. The molecule has 0 amide bonds. The Hall–Kier alpha value is -1.36. The molecular formula is C14H27N5. The minimum atomic E-state index is -0.0610. The Labute approximate surface area is 116 Å². The first-order valence-electron chi connectivity index (χ1n) is 6.68. The maximum Gasteiger partial charge on any atom is 0.132 e. The lowest BCUT2D eigenvalue weighted by molar-refractivity contribution is 0.528. The van der Waals surface area contributed by atoms with Crippen molar-refractivity contribution in [2.75, 3.05) is 24.2 Å². The van der Waals surface area contributed by atoms with Crippen LogP contribution in [-0.2, 0) is 0 Å². The van der Waals surface area contributed by atoms with Gasteiger partial charge in [-0.1, -0.05) is 0 Å². The molecule has 0 unspecified atom stereocenters. The summed E-state index contributed by atoms with van der Waals surface area (Å²) in [6, 6.07) is 1.95. The Kier molecular flexibility index (Phi) is 4.74. The lowest BCUT2D eigenvalue weighted by atomic mass is 10.1. The van der Waals surface area contributed by atoms with Crippen molar-refractivity contribution in [1.82, 2.24) is 15.3 Å². The van der Waals surface area contributed by atoms with E-state index in [1.807, 2.05) is 20.0 Å². The van der Waals surface area contributed by atoms with Crippen molar-refractivity contribution in [1.29, 1.82) is 0 Å². The normalized spacial score (nSPS) is 12.4. The highest BCUT2D eigenvalue weighted by Crippen LogP contribution is 2.18. The topological polar surface area (TPSA) is 61.9 Å². The van der Waals surface area contributed by atoms with Crippen LogP contribution in [0.25, 0.3) is 0 Å². The van der Waals surface area contributed by atoms with Crippen molar-refractivity contribution in [2.24, 2.45) is 0 Å². The second kappa shape index (κ2) is 5.74. The van der Waals surface area contributed by atoms with Gasteiger partial charge in [0, 0.05) is 23.7 Å². The molecule has 0 atom stereocenters. The second-order valence-electron chi connectivity index (χ2n) is 6.60. The predicted molar refractivity (Wildman–Crippen MR) is 81.8 cm³/mol. The average molecular weight is 265 g/mol. The third-order valence-electron chi connectivity index (χ3n) is 2.43. The predicted octanol–water partition coefficient (Wildman–Crippen LogP) is 2.41. The van der Waals surface area contributed by atoms with Crippen LogP contribution in [0.5, 0.6) is 0 Å². The van der Waals surface area contributed by atoms with Crippen LogP contribution in [0.1, 0.15) is 40.4 Å². The van der Waals surface area contributed by atoms with Crippen LogP contribution >= 0.6 is 0 Å². The third kappa shape index (κ3) is 5.87. The maximum absolute atomic E-state index is 4.44. The van der Waals surface area contributed by atoms with E-state index in [2.05, 4.69) is 60.5 Å². The van der Waals surface area contributed by atoms with Gasteiger partial charge in [-0.15, -0.1) is 0 Å². The molecule has 0 aromatic carbocycles. The summed E-state index contributed by atoms with van der Waals surface area (Å²) in [5, 5.41) is 9.98. The van der Waals surface area contributed by atoms with Gasteiger partial charge in [-0.3, -0.25) is 0 Å². The van der Waals surface area contributed by atoms with Gasteiger partial charge in [-0.05, 0) is 48.6 Å². The van der Waals surface area contributed by atoms with E-state index in [1.165, 1.54) is 0 Å². The second-order valence-corrected chi connectivity index (χ2v) is 6.60. The number of nitrogens with one attached hydrogen (secondary N) is 3. The molecule has 5 nitrogen and oxygen atoms in total. The molecule has 0 aliphatic rings. The van der Waals surface area contributed by atoms with E-state index in [-0.39, 0.29) is 11.1 Å². The molecule has 0 saturated heterocycles. The van der Waals surface area contributed by atoms with Crippen molar-refractivity contribution >= 4 is 11.6 Å². The zero-order chi connectivity index (χ0) is 14.7. The van der Waals surface area contributed by atoms with Crippen LogP contribution in [0.15, 0.2) is 6.07 Å². The number of aryl methyl sites for hydroxylation is 1. The minimum absolute atomic E-state index is 0.0153. The Bertz CT molecular complexity index is 420. The molecule has 0 fully saturated rings. The van der Waals surface area contributed by atoms with Crippen LogP contribution in [-0.4, -0.2) is 34.6 Å². The van der Waals surface area contributed by atoms with Gasteiger partial charge in [0.2, 0.25) is 0 Å². The monoisotopic (exact) mass is 265 g/mol. The van der Waals surface area contributed by atoms with Gasteiger partial charge in [0.1, 0.15) is 17.5 Å². The number of aromatic nitrogens is 2. The van der Waals surface area contributed by atoms with E-state index in [1.54, 1.807) is 0 Å². The van der Waals surface area contributed by atoms with Gasteiger partial charge in [0.25, 0.3) is 0 Å². The summed E-state index contributed by atoms with van der Waals surface area (Å²) in [4.78, 5) is 8.86. The molecule has 3 N–H and O–H groups in total. The zero-order valence-corrected chi connectivity index (χ0v) is 13.2. The lowest BCUT2D eigenvalue weighted by Gasteiger charge is -2.27. The van der Waals surface area contributed by atoms with Crippen molar-refractivity contribution < 1.29 is 0 Å². The Morgan fingerprint density at radius 1 is 1.00 bits per heavy atom. The number of anilines is 2. The van der Waals surface area contributed by atoms with Crippen molar-refractivity contribution in [3.63, 3.8) is 0 Å². The first-order valence-corrected chi connectivity index (χ1v) is 6.68. The number of nitrogens with zero attached hydrogens (tertiary/aromatic N) is 2. The fourth-order valence-electron chi connectivity index (χ4n) is 1.91. The summed E-state index contributed by atoms with van der Waals surface area (Å²) in [7, 11) is 1.95. The van der Waals surface area contributed by atoms with Crippen LogP contribution < -0.4 is 16.0 Å². The first kappa shape index (κ1) is 15.7. The number of hydrogen-bond donors (Lipinski definition) is 3. The molecule has 1 heterocycles. The highest BCUT2D eigenvalue weighted by atomic mass is 15.1. The molecule has 19 heavy (non-hydrogen) atoms. The highest BCUT2D eigenvalue weighted by molar-refractivity contribution is 5.49. The van der Waals surface area contributed by atoms with E-state index in [9.17, 15) is 0 Å². The van der Waals surface area contributed by atoms with Crippen molar-refractivity contribution in [3.8, 4) is 0 Å². The largest absolute Gasteiger partial charge is 0.365 e. The van der Waals surface area contributed by atoms with Gasteiger partial charge in [-0.2, -0.15) is 0 Å². The summed E-state index contributed by atoms with van der Waals surface area (Å²) in [6.45, 7) is 13.4. The van der Waals surface area contributed by atoms with E-state index < -0.39 is 0 Å². The van der Waals surface area contributed by atoms with Gasteiger partial charge in [-0.25, -0.2) is 9.97 Å². The van der Waals surface area contributed by atoms with Gasteiger partial charge in [0.15, 0.2) is 0 Å². The molecule has 1 aromatic rings. The highest BCUT2D eigenvalue weighted by Gasteiger charge is 2.18. The summed E-state index contributed by atoms with van der Waals surface area (Å²) in [6.07, 6.45) is 0. The van der Waals surface area contributed by atoms with E-state index in [0.717, 1.165) is 24.0 Å². The molecule has 108 valence electrons. The smallest absolute Gasteiger partial charge is 0.132 e. The molecule has 5 heteroatoms. The zero-order valence-electron chi connectivity index (χ0n) is 13.2. The van der Waals surface area contributed by atoms with Gasteiger partial charge in [0.05, 0.1) is 0 Å². The molecule has 0 radical (unpaired) electrons. The SMILES string of the molecule is CNCC(C)(C)Nc1cc(NC(C)(C)C)nc(C)n1. The van der Waals surface area contributed by atoms with Gasteiger partial charge >= 0.3 is 0 Å². The molecule has 1 rings (SSSR count). The third-order valence-corrected chi connectivity index (χ3v) is 2.43. The number of hydrogen-bond acceptors (Lipinski definition) is 5. The Morgan fingerprint density at radius 3 is 2.00 bits per heavy atom.